The molecule has 1 N–H and O–H groups in total. The molecule has 1 aliphatic rings. The minimum absolute atomic E-state index is 0.110. The molecule has 1 aliphatic heterocycles. The van der Waals surface area contributed by atoms with Crippen LogP contribution in [-0.2, 0) is 11.2 Å². The molecular weight excluding hydrogens is 254 g/mol. The van der Waals surface area contributed by atoms with Crippen molar-refractivity contribution >= 4 is 5.97 Å². The Morgan fingerprint density at radius 1 is 1.45 bits per heavy atom. The van der Waals surface area contributed by atoms with E-state index in [1.807, 2.05) is 6.20 Å². The van der Waals surface area contributed by atoms with E-state index < -0.39 is 5.97 Å². The van der Waals surface area contributed by atoms with Crippen molar-refractivity contribution in [3.8, 4) is 0 Å². The molecule has 0 amide bonds. The summed E-state index contributed by atoms with van der Waals surface area (Å²) in [5, 5.41) is 8.66. The largest absolute Gasteiger partial charge is 0.481 e. The van der Waals surface area contributed by atoms with Gasteiger partial charge in [0, 0.05) is 37.3 Å². The molecule has 1 atom stereocenters. The van der Waals surface area contributed by atoms with Gasteiger partial charge in [-0.3, -0.25) is 14.8 Å². The number of piperidine rings is 1. The summed E-state index contributed by atoms with van der Waals surface area (Å²) in [4.78, 5) is 21.9. The smallest absolute Gasteiger partial charge is 0.303 e. The lowest BCUT2D eigenvalue weighted by molar-refractivity contribution is -0.136. The average Bonchev–Trinajstić information content (AvgIpc) is 2.46. The Morgan fingerprint density at radius 3 is 2.85 bits per heavy atom. The van der Waals surface area contributed by atoms with Crippen molar-refractivity contribution in [3.05, 3.63) is 23.8 Å². The van der Waals surface area contributed by atoms with Crippen LogP contribution in [0.3, 0.4) is 0 Å². The lowest BCUT2D eigenvalue weighted by atomic mass is 9.94. The van der Waals surface area contributed by atoms with Crippen molar-refractivity contribution in [2.24, 2.45) is 0 Å². The Labute approximate surface area is 120 Å². The van der Waals surface area contributed by atoms with Gasteiger partial charge in [0.15, 0.2) is 0 Å². The second kappa shape index (κ2) is 6.79. The molecular formula is C15H23N3O2. The van der Waals surface area contributed by atoms with E-state index in [4.69, 9.17) is 5.11 Å². The van der Waals surface area contributed by atoms with E-state index in [0.29, 0.717) is 18.4 Å². The molecule has 20 heavy (non-hydrogen) atoms. The molecule has 5 nitrogen and oxygen atoms in total. The van der Waals surface area contributed by atoms with Crippen molar-refractivity contribution in [3.63, 3.8) is 0 Å². The number of hydrogen-bond acceptors (Lipinski definition) is 4. The van der Waals surface area contributed by atoms with Gasteiger partial charge in [0.25, 0.3) is 0 Å². The van der Waals surface area contributed by atoms with Gasteiger partial charge in [-0.2, -0.15) is 0 Å². The van der Waals surface area contributed by atoms with E-state index in [9.17, 15) is 4.79 Å². The number of carboxylic acids is 1. The highest BCUT2D eigenvalue weighted by Gasteiger charge is 2.23. The number of aliphatic carboxylic acids is 1. The third-order valence-corrected chi connectivity index (χ3v) is 3.92. The Kier molecular flexibility index (Phi) is 5.06. The summed E-state index contributed by atoms with van der Waals surface area (Å²) in [6.45, 7) is 6.66. The van der Waals surface area contributed by atoms with Gasteiger partial charge in [-0.25, -0.2) is 0 Å². The molecule has 1 fully saturated rings. The summed E-state index contributed by atoms with van der Waals surface area (Å²) in [6.07, 6.45) is 6.47. The Morgan fingerprint density at radius 2 is 2.25 bits per heavy atom. The summed E-state index contributed by atoms with van der Waals surface area (Å²) in [7, 11) is 0. The maximum Gasteiger partial charge on any atom is 0.303 e. The standard InChI is InChI=1S/C15H23N3O2/c1-11(2)18-7-3-4-12(10-18)14-9-16-13(8-17-14)5-6-15(19)20/h8-9,11-12H,3-7,10H2,1-2H3,(H,19,20). The Balaban J connectivity index is 1.97. The van der Waals surface area contributed by atoms with Crippen LogP contribution in [0.2, 0.25) is 0 Å². The fourth-order valence-corrected chi connectivity index (χ4v) is 2.66. The normalized spacial score (nSPS) is 20.2. The van der Waals surface area contributed by atoms with Gasteiger partial charge in [0.2, 0.25) is 0 Å². The summed E-state index contributed by atoms with van der Waals surface area (Å²) in [5.41, 5.74) is 1.79. The zero-order chi connectivity index (χ0) is 14.5. The Hall–Kier alpha value is -1.49. The molecule has 0 aromatic carbocycles. The number of nitrogens with zero attached hydrogens (tertiary/aromatic N) is 3. The van der Waals surface area contributed by atoms with Crippen LogP contribution in [0.5, 0.6) is 0 Å². The SMILES string of the molecule is CC(C)N1CCCC(c2cnc(CCC(=O)O)cn2)C1. The first-order chi connectivity index (χ1) is 9.56. The summed E-state index contributed by atoms with van der Waals surface area (Å²) in [6, 6.07) is 0.570. The molecule has 1 aromatic rings. The molecule has 0 bridgehead atoms. The number of carboxylic acid groups (broad SMARTS) is 1. The van der Waals surface area contributed by atoms with E-state index in [2.05, 4.69) is 28.7 Å². The summed E-state index contributed by atoms with van der Waals surface area (Å²) < 4.78 is 0. The van der Waals surface area contributed by atoms with Crippen LogP contribution in [0.25, 0.3) is 0 Å². The van der Waals surface area contributed by atoms with E-state index in [0.717, 1.165) is 30.9 Å². The maximum absolute atomic E-state index is 10.5. The molecule has 1 saturated heterocycles. The van der Waals surface area contributed by atoms with E-state index in [1.165, 1.54) is 6.42 Å². The molecule has 0 saturated carbocycles. The van der Waals surface area contributed by atoms with Crippen LogP contribution in [0.15, 0.2) is 12.4 Å². The first kappa shape index (κ1) is 14.9. The van der Waals surface area contributed by atoms with Gasteiger partial charge in [-0.05, 0) is 33.2 Å². The van der Waals surface area contributed by atoms with Gasteiger partial charge in [-0.1, -0.05) is 0 Å². The first-order valence-electron chi connectivity index (χ1n) is 7.33. The molecule has 2 rings (SSSR count). The number of hydrogen-bond donors (Lipinski definition) is 1. The zero-order valence-electron chi connectivity index (χ0n) is 12.2. The fourth-order valence-electron chi connectivity index (χ4n) is 2.66. The highest BCUT2D eigenvalue weighted by atomic mass is 16.4. The minimum atomic E-state index is -0.796. The van der Waals surface area contributed by atoms with Crippen molar-refractivity contribution in [2.45, 2.75) is 51.5 Å². The molecule has 1 unspecified atom stereocenters. The van der Waals surface area contributed by atoms with Gasteiger partial charge < -0.3 is 10.0 Å². The van der Waals surface area contributed by atoms with Crippen LogP contribution in [0.1, 0.15) is 50.4 Å². The van der Waals surface area contributed by atoms with Gasteiger partial charge in [0.1, 0.15) is 0 Å². The number of likely N-dealkylation sites (tertiary alicyclic amines) is 1. The highest BCUT2D eigenvalue weighted by molar-refractivity contribution is 5.66. The summed E-state index contributed by atoms with van der Waals surface area (Å²) >= 11 is 0. The van der Waals surface area contributed by atoms with Gasteiger partial charge in [-0.15, -0.1) is 0 Å². The van der Waals surface area contributed by atoms with Crippen molar-refractivity contribution in [2.75, 3.05) is 13.1 Å². The number of aryl methyl sites for hydroxylation is 1. The van der Waals surface area contributed by atoms with Gasteiger partial charge >= 0.3 is 5.97 Å². The third kappa shape index (κ3) is 4.00. The van der Waals surface area contributed by atoms with E-state index >= 15 is 0 Å². The van der Waals surface area contributed by atoms with Gasteiger partial charge in [0.05, 0.1) is 17.8 Å². The minimum Gasteiger partial charge on any atom is -0.481 e. The zero-order valence-corrected chi connectivity index (χ0v) is 12.2. The number of carbonyl (C=O) groups is 1. The van der Waals surface area contributed by atoms with Crippen molar-refractivity contribution in [1.29, 1.82) is 0 Å². The molecule has 0 aliphatic carbocycles. The quantitative estimate of drug-likeness (QED) is 0.892. The molecule has 1 aromatic heterocycles. The molecule has 5 heteroatoms. The van der Waals surface area contributed by atoms with Crippen LogP contribution >= 0.6 is 0 Å². The Bertz CT molecular complexity index is 445. The topological polar surface area (TPSA) is 66.3 Å². The molecule has 0 spiro atoms. The van der Waals surface area contributed by atoms with Crippen LogP contribution in [0, 0.1) is 0 Å². The maximum atomic E-state index is 10.5. The number of aromatic nitrogens is 2. The van der Waals surface area contributed by atoms with E-state index in [1.54, 1.807) is 6.20 Å². The lowest BCUT2D eigenvalue weighted by Crippen LogP contribution is -2.39. The van der Waals surface area contributed by atoms with Crippen LogP contribution < -0.4 is 0 Å². The summed E-state index contributed by atoms with van der Waals surface area (Å²) in [5.74, 6) is -0.345. The monoisotopic (exact) mass is 277 g/mol. The van der Waals surface area contributed by atoms with Crippen LogP contribution in [-0.4, -0.2) is 45.1 Å². The van der Waals surface area contributed by atoms with Crippen LogP contribution in [0.4, 0.5) is 0 Å². The average molecular weight is 277 g/mol. The van der Waals surface area contributed by atoms with Crippen molar-refractivity contribution in [1.82, 2.24) is 14.9 Å². The lowest BCUT2D eigenvalue weighted by Gasteiger charge is -2.35. The van der Waals surface area contributed by atoms with E-state index in [-0.39, 0.29) is 6.42 Å². The predicted molar refractivity (Wildman–Crippen MR) is 76.7 cm³/mol. The highest BCUT2D eigenvalue weighted by Crippen LogP contribution is 2.26. The third-order valence-electron chi connectivity index (χ3n) is 3.92. The van der Waals surface area contributed by atoms with Crippen molar-refractivity contribution < 1.29 is 9.90 Å². The fraction of sp³-hybridized carbons (Fsp3) is 0.667. The first-order valence-corrected chi connectivity index (χ1v) is 7.33. The second-order valence-electron chi connectivity index (χ2n) is 5.75. The molecule has 0 radical (unpaired) electrons. The molecule has 2 heterocycles. The number of rotatable bonds is 5. The second-order valence-corrected chi connectivity index (χ2v) is 5.75. The predicted octanol–water partition coefficient (Wildman–Crippen LogP) is 2.08. The molecule has 110 valence electrons.